The van der Waals surface area contributed by atoms with E-state index in [2.05, 4.69) is 15.2 Å². The third-order valence-electron chi connectivity index (χ3n) is 5.35. The first-order chi connectivity index (χ1) is 13.5. The van der Waals surface area contributed by atoms with Crippen LogP contribution in [0.5, 0.6) is 0 Å². The predicted molar refractivity (Wildman–Crippen MR) is 109 cm³/mol. The first-order valence-corrected chi connectivity index (χ1v) is 9.43. The van der Waals surface area contributed by atoms with Crippen LogP contribution >= 0.6 is 0 Å². The molecule has 2 N–H and O–H groups in total. The Balaban J connectivity index is 1.54. The van der Waals surface area contributed by atoms with Crippen LogP contribution in [-0.4, -0.2) is 34.4 Å². The normalized spacial score (nSPS) is 17.1. The molecule has 0 spiro atoms. The molecule has 1 saturated heterocycles. The third-order valence-corrected chi connectivity index (χ3v) is 5.35. The molecule has 1 aliphatic heterocycles. The number of aryl methyl sites for hydroxylation is 1. The minimum absolute atomic E-state index is 0.232. The number of aliphatic hydroxyl groups excluding tert-OH is 1. The van der Waals surface area contributed by atoms with Crippen molar-refractivity contribution in [2.45, 2.75) is 12.8 Å². The Bertz CT molecular complexity index is 1050. The summed E-state index contributed by atoms with van der Waals surface area (Å²) in [4.78, 5) is 18.4. The number of benzene rings is 1. The second-order valence-electron chi connectivity index (χ2n) is 7.29. The molecular weight excluding hydrogens is 359 g/mol. The van der Waals surface area contributed by atoms with Crippen LogP contribution in [0.15, 0.2) is 47.4 Å². The molecule has 4 rings (SSSR count). The Morgan fingerprint density at radius 2 is 2.07 bits per heavy atom. The van der Waals surface area contributed by atoms with Crippen LogP contribution in [0.1, 0.15) is 12.8 Å². The van der Waals surface area contributed by atoms with Gasteiger partial charge in [-0.1, -0.05) is 0 Å². The van der Waals surface area contributed by atoms with Crippen LogP contribution in [0.3, 0.4) is 0 Å². The van der Waals surface area contributed by atoms with Gasteiger partial charge in [-0.2, -0.15) is 0 Å². The van der Waals surface area contributed by atoms with Crippen molar-refractivity contribution in [3.05, 3.63) is 58.8 Å². The van der Waals surface area contributed by atoms with E-state index in [0.29, 0.717) is 22.6 Å². The zero-order valence-corrected chi connectivity index (χ0v) is 15.7. The summed E-state index contributed by atoms with van der Waals surface area (Å²) in [5.74, 6) is 0.138. The molecule has 1 atom stereocenters. The highest BCUT2D eigenvalue weighted by Gasteiger charge is 2.19. The minimum Gasteiger partial charge on any atom is -0.396 e. The van der Waals surface area contributed by atoms with E-state index >= 15 is 0 Å². The lowest BCUT2D eigenvalue weighted by molar-refractivity contribution is 0.209. The summed E-state index contributed by atoms with van der Waals surface area (Å²) < 4.78 is 14.9. The molecule has 2 aromatic heterocycles. The predicted octanol–water partition coefficient (Wildman–Crippen LogP) is 3.02. The van der Waals surface area contributed by atoms with Crippen LogP contribution in [0.2, 0.25) is 0 Å². The molecule has 6 nitrogen and oxygen atoms in total. The van der Waals surface area contributed by atoms with E-state index in [1.54, 1.807) is 19.3 Å². The fourth-order valence-electron chi connectivity index (χ4n) is 3.75. The number of hydrogen-bond donors (Lipinski definition) is 2. The molecule has 1 fully saturated rings. The molecule has 146 valence electrons. The molecule has 0 bridgehead atoms. The number of nitrogens with one attached hydrogen (secondary N) is 1. The van der Waals surface area contributed by atoms with Gasteiger partial charge in [0.05, 0.1) is 5.52 Å². The fraction of sp³-hybridized carbons (Fsp3) is 0.333. The third kappa shape index (κ3) is 3.57. The molecule has 1 aromatic carbocycles. The van der Waals surface area contributed by atoms with E-state index in [1.807, 2.05) is 24.3 Å². The van der Waals surface area contributed by atoms with Crippen LogP contribution in [0, 0.1) is 11.7 Å². The molecular formula is C21H23FN4O2. The molecule has 0 saturated carbocycles. The molecule has 0 amide bonds. The number of pyridine rings is 2. The van der Waals surface area contributed by atoms with Crippen LogP contribution in [0.25, 0.3) is 10.9 Å². The maximum Gasteiger partial charge on any atom is 0.286 e. The Hall–Kier alpha value is -2.93. The Morgan fingerprint density at radius 1 is 1.29 bits per heavy atom. The van der Waals surface area contributed by atoms with Gasteiger partial charge in [-0.05, 0) is 49.1 Å². The van der Waals surface area contributed by atoms with Crippen LogP contribution < -0.4 is 15.8 Å². The number of nitrogens with zero attached hydrogens (tertiary/aromatic N) is 3. The van der Waals surface area contributed by atoms with E-state index in [1.165, 1.54) is 10.6 Å². The van der Waals surface area contributed by atoms with Gasteiger partial charge in [-0.25, -0.2) is 9.37 Å². The van der Waals surface area contributed by atoms with Crippen molar-refractivity contribution in [1.82, 2.24) is 9.55 Å². The maximum absolute atomic E-state index is 13.6. The second kappa shape index (κ2) is 7.59. The zero-order valence-electron chi connectivity index (χ0n) is 15.7. The van der Waals surface area contributed by atoms with E-state index in [9.17, 15) is 14.3 Å². The number of rotatable bonds is 4. The van der Waals surface area contributed by atoms with Crippen LogP contribution in [-0.2, 0) is 7.05 Å². The van der Waals surface area contributed by atoms with Gasteiger partial charge in [-0.15, -0.1) is 0 Å². The second-order valence-corrected chi connectivity index (χ2v) is 7.29. The number of aromatic nitrogens is 2. The van der Waals surface area contributed by atoms with Crippen LogP contribution in [0.4, 0.5) is 21.6 Å². The van der Waals surface area contributed by atoms with Crippen molar-refractivity contribution in [2.75, 3.05) is 29.9 Å². The summed E-state index contributed by atoms with van der Waals surface area (Å²) in [7, 11) is 1.55. The fourth-order valence-corrected chi connectivity index (χ4v) is 3.75. The highest BCUT2D eigenvalue weighted by molar-refractivity contribution is 5.81. The topological polar surface area (TPSA) is 70.4 Å². The standard InChI is InChI=1S/C21H23FN4O2/c1-25-19-10-20(23-11-15(19)9-18(22)21(25)28)24-16-4-6-17(7-5-16)26-8-2-3-14(12-26)13-27/h4-7,9-11,14,27H,2-3,8,12-13H2,1H3,(H,23,24). The molecule has 3 heterocycles. The molecule has 3 aromatic rings. The summed E-state index contributed by atoms with van der Waals surface area (Å²) in [6, 6.07) is 11.0. The molecule has 28 heavy (non-hydrogen) atoms. The highest BCUT2D eigenvalue weighted by Crippen LogP contribution is 2.26. The number of aliphatic hydroxyl groups is 1. The van der Waals surface area contributed by atoms with Crippen molar-refractivity contribution < 1.29 is 9.50 Å². The Labute approximate surface area is 162 Å². The monoisotopic (exact) mass is 382 g/mol. The van der Waals surface area contributed by atoms with E-state index in [0.717, 1.165) is 37.3 Å². The lowest BCUT2D eigenvalue weighted by Gasteiger charge is -2.33. The van der Waals surface area contributed by atoms with Crippen molar-refractivity contribution in [3.8, 4) is 0 Å². The van der Waals surface area contributed by atoms with Crippen molar-refractivity contribution >= 4 is 28.1 Å². The number of hydrogen-bond acceptors (Lipinski definition) is 5. The number of fused-ring (bicyclic) bond motifs is 1. The molecule has 0 radical (unpaired) electrons. The van der Waals surface area contributed by atoms with Gasteiger partial charge >= 0.3 is 0 Å². The average Bonchev–Trinajstić information content (AvgIpc) is 2.73. The lowest BCUT2D eigenvalue weighted by Crippen LogP contribution is -2.36. The van der Waals surface area contributed by atoms with E-state index in [4.69, 9.17) is 0 Å². The quantitative estimate of drug-likeness (QED) is 0.726. The largest absolute Gasteiger partial charge is 0.396 e. The molecule has 0 aliphatic carbocycles. The van der Waals surface area contributed by atoms with E-state index in [-0.39, 0.29) is 6.61 Å². The maximum atomic E-state index is 13.6. The highest BCUT2D eigenvalue weighted by atomic mass is 19.1. The Kier molecular flexibility index (Phi) is 5.00. The summed E-state index contributed by atoms with van der Waals surface area (Å²) >= 11 is 0. The summed E-state index contributed by atoms with van der Waals surface area (Å²) in [5, 5.41) is 13.2. The lowest BCUT2D eigenvalue weighted by atomic mass is 9.98. The number of anilines is 3. The van der Waals surface area contributed by atoms with E-state index < -0.39 is 11.4 Å². The van der Waals surface area contributed by atoms with Gasteiger partial charge < -0.3 is 19.9 Å². The first-order valence-electron chi connectivity index (χ1n) is 9.43. The zero-order chi connectivity index (χ0) is 19.7. The molecule has 1 aliphatic rings. The smallest absolute Gasteiger partial charge is 0.286 e. The van der Waals surface area contributed by atoms with Crippen molar-refractivity contribution in [1.29, 1.82) is 0 Å². The van der Waals surface area contributed by atoms with Gasteiger partial charge in [0.2, 0.25) is 0 Å². The van der Waals surface area contributed by atoms with Gasteiger partial charge in [0.25, 0.3) is 5.56 Å². The molecule has 1 unspecified atom stereocenters. The van der Waals surface area contributed by atoms with Crippen molar-refractivity contribution in [2.24, 2.45) is 13.0 Å². The average molecular weight is 382 g/mol. The summed E-state index contributed by atoms with van der Waals surface area (Å²) in [5.41, 5.74) is 1.96. The minimum atomic E-state index is -0.783. The van der Waals surface area contributed by atoms with Gasteiger partial charge in [0, 0.05) is 55.8 Å². The van der Waals surface area contributed by atoms with Gasteiger partial charge in [0.15, 0.2) is 5.82 Å². The van der Waals surface area contributed by atoms with Crippen molar-refractivity contribution in [3.63, 3.8) is 0 Å². The number of halogens is 1. The Morgan fingerprint density at radius 3 is 2.82 bits per heavy atom. The summed E-state index contributed by atoms with van der Waals surface area (Å²) in [6.45, 7) is 2.11. The summed E-state index contributed by atoms with van der Waals surface area (Å²) in [6.07, 6.45) is 3.72. The first kappa shape index (κ1) is 18.4. The molecule has 7 heteroatoms. The van der Waals surface area contributed by atoms with Gasteiger partial charge in [0.1, 0.15) is 5.82 Å². The van der Waals surface area contributed by atoms with Gasteiger partial charge in [-0.3, -0.25) is 4.79 Å². The SMILES string of the molecule is Cn1c(=O)c(F)cc2cnc(Nc3ccc(N4CCCC(CO)C4)cc3)cc21. The number of piperidine rings is 1.